The lowest BCUT2D eigenvalue weighted by molar-refractivity contribution is -0.127. The number of fused-ring (bicyclic) bond motifs is 2. The van der Waals surface area contributed by atoms with E-state index in [0.717, 1.165) is 34.9 Å². The van der Waals surface area contributed by atoms with Gasteiger partial charge in [-0.25, -0.2) is 4.79 Å². The first-order valence-electron chi connectivity index (χ1n) is 10.5. The molecule has 0 fully saturated rings. The molecule has 31 heavy (non-hydrogen) atoms. The van der Waals surface area contributed by atoms with Crippen LogP contribution < -0.4 is 15.7 Å². The second-order valence-corrected chi connectivity index (χ2v) is 7.67. The summed E-state index contributed by atoms with van der Waals surface area (Å²) in [5.41, 5.74) is 4.02. The van der Waals surface area contributed by atoms with Crippen LogP contribution in [0.15, 0.2) is 57.9 Å². The topological polar surface area (TPSA) is 84.3 Å². The normalized spacial score (nSPS) is 12.2. The van der Waals surface area contributed by atoms with Crippen LogP contribution in [0.4, 0.5) is 0 Å². The van der Waals surface area contributed by atoms with Crippen LogP contribution in [-0.4, -0.2) is 23.5 Å². The largest absolute Gasteiger partial charge is 0.480 e. The lowest BCUT2D eigenvalue weighted by Crippen LogP contribution is -2.37. The first-order chi connectivity index (χ1) is 15.0. The van der Waals surface area contributed by atoms with Gasteiger partial charge in [0.05, 0.1) is 0 Å². The highest BCUT2D eigenvalue weighted by molar-refractivity contribution is 5.86. The molecular formula is C25H26N2O4. The zero-order chi connectivity index (χ0) is 22.0. The van der Waals surface area contributed by atoms with Gasteiger partial charge in [0.2, 0.25) is 0 Å². The number of nitrogens with one attached hydrogen (secondary N) is 2. The maximum Gasteiger partial charge on any atom is 0.336 e. The standard InChI is InChI=1S/C25H26N2O4/c1-4-17-13-23(28)31-24-15(2)22(10-9-20(17)24)30-16(3)25(29)26-12-11-18-14-27-21-8-6-5-7-19(18)21/h5-10,13-14,16,27H,4,11-12H2,1-3H3,(H,26,29). The molecule has 6 heteroatoms. The van der Waals surface area contributed by atoms with Crippen molar-refractivity contribution < 1.29 is 13.9 Å². The number of benzene rings is 2. The number of H-pyrrole nitrogens is 1. The van der Waals surface area contributed by atoms with Crippen LogP contribution in [0.3, 0.4) is 0 Å². The summed E-state index contributed by atoms with van der Waals surface area (Å²) in [6.45, 7) is 6.06. The molecule has 0 aliphatic carbocycles. The van der Waals surface area contributed by atoms with E-state index in [1.165, 1.54) is 11.5 Å². The molecule has 0 saturated carbocycles. The summed E-state index contributed by atoms with van der Waals surface area (Å²) < 4.78 is 11.3. The molecule has 2 aromatic carbocycles. The lowest BCUT2D eigenvalue weighted by atomic mass is 10.0. The molecule has 0 aliphatic heterocycles. The van der Waals surface area contributed by atoms with E-state index in [9.17, 15) is 9.59 Å². The highest BCUT2D eigenvalue weighted by atomic mass is 16.5. The molecule has 0 bridgehead atoms. The van der Waals surface area contributed by atoms with E-state index >= 15 is 0 Å². The zero-order valence-corrected chi connectivity index (χ0v) is 18.0. The molecule has 160 valence electrons. The second-order valence-electron chi connectivity index (χ2n) is 7.67. The van der Waals surface area contributed by atoms with E-state index in [-0.39, 0.29) is 11.5 Å². The van der Waals surface area contributed by atoms with E-state index < -0.39 is 6.10 Å². The quantitative estimate of drug-likeness (QED) is 0.439. The van der Waals surface area contributed by atoms with Gasteiger partial charge in [0.25, 0.3) is 5.91 Å². The van der Waals surface area contributed by atoms with Gasteiger partial charge in [-0.15, -0.1) is 0 Å². The molecule has 4 rings (SSSR count). The van der Waals surface area contributed by atoms with E-state index in [4.69, 9.17) is 9.15 Å². The van der Waals surface area contributed by atoms with Gasteiger partial charge in [0.15, 0.2) is 6.10 Å². The summed E-state index contributed by atoms with van der Waals surface area (Å²) in [4.78, 5) is 27.7. The van der Waals surface area contributed by atoms with E-state index in [1.807, 2.05) is 50.4 Å². The summed E-state index contributed by atoms with van der Waals surface area (Å²) in [6, 6.07) is 13.3. The Morgan fingerprint density at radius 1 is 1.16 bits per heavy atom. The van der Waals surface area contributed by atoms with Gasteiger partial charge in [-0.1, -0.05) is 25.1 Å². The molecule has 0 aliphatic rings. The van der Waals surface area contributed by atoms with Gasteiger partial charge in [-0.2, -0.15) is 0 Å². The van der Waals surface area contributed by atoms with Crippen LogP contribution in [-0.2, 0) is 17.6 Å². The van der Waals surface area contributed by atoms with Crippen molar-refractivity contribution in [2.75, 3.05) is 6.54 Å². The molecule has 4 aromatic rings. The Morgan fingerprint density at radius 2 is 1.97 bits per heavy atom. The minimum Gasteiger partial charge on any atom is -0.480 e. The van der Waals surface area contributed by atoms with Gasteiger partial charge in [-0.05, 0) is 56.0 Å². The first kappa shape index (κ1) is 20.7. The Morgan fingerprint density at radius 3 is 2.77 bits per heavy atom. The molecule has 0 spiro atoms. The molecule has 2 heterocycles. The number of hydrogen-bond acceptors (Lipinski definition) is 4. The van der Waals surface area contributed by atoms with E-state index in [0.29, 0.717) is 23.4 Å². The van der Waals surface area contributed by atoms with Gasteiger partial charge < -0.3 is 19.5 Å². The second kappa shape index (κ2) is 8.68. The van der Waals surface area contributed by atoms with Crippen LogP contribution in [0, 0.1) is 6.92 Å². The zero-order valence-electron chi connectivity index (χ0n) is 18.0. The molecule has 0 saturated heterocycles. The van der Waals surface area contributed by atoms with Crippen molar-refractivity contribution >= 4 is 27.8 Å². The predicted octanol–water partition coefficient (Wildman–Crippen LogP) is 4.27. The van der Waals surface area contributed by atoms with Crippen LogP contribution in [0.5, 0.6) is 5.75 Å². The smallest absolute Gasteiger partial charge is 0.336 e. The first-order valence-corrected chi connectivity index (χ1v) is 10.5. The fourth-order valence-corrected chi connectivity index (χ4v) is 3.87. The molecular weight excluding hydrogens is 392 g/mol. The lowest BCUT2D eigenvalue weighted by Gasteiger charge is -2.17. The number of amides is 1. The Bertz CT molecular complexity index is 1300. The third-order valence-corrected chi connectivity index (χ3v) is 5.62. The number of rotatable bonds is 7. The van der Waals surface area contributed by atoms with Gasteiger partial charge >= 0.3 is 5.63 Å². The highest BCUT2D eigenvalue weighted by Crippen LogP contribution is 2.29. The van der Waals surface area contributed by atoms with Crippen LogP contribution in [0.2, 0.25) is 0 Å². The molecule has 1 atom stereocenters. The molecule has 2 N–H and O–H groups in total. The Kier molecular flexibility index (Phi) is 5.80. The van der Waals surface area contributed by atoms with Crippen LogP contribution >= 0.6 is 0 Å². The fourth-order valence-electron chi connectivity index (χ4n) is 3.87. The minimum absolute atomic E-state index is 0.192. The number of carbonyl (C=O) groups excluding carboxylic acids is 1. The molecule has 1 amide bonds. The number of aryl methyl sites for hydroxylation is 2. The molecule has 2 aromatic heterocycles. The van der Waals surface area contributed by atoms with Crippen molar-refractivity contribution in [3.63, 3.8) is 0 Å². The Balaban J connectivity index is 1.42. The Labute approximate surface area is 180 Å². The third kappa shape index (κ3) is 4.19. The SMILES string of the molecule is CCc1cc(=O)oc2c(C)c(OC(C)C(=O)NCCc3c[nH]c4ccccc34)ccc12. The van der Waals surface area contributed by atoms with E-state index in [1.54, 1.807) is 6.92 Å². The molecule has 6 nitrogen and oxygen atoms in total. The minimum atomic E-state index is -0.680. The summed E-state index contributed by atoms with van der Waals surface area (Å²) in [5, 5.41) is 5.00. The van der Waals surface area contributed by atoms with Crippen LogP contribution in [0.25, 0.3) is 21.9 Å². The van der Waals surface area contributed by atoms with Crippen molar-refractivity contribution in [2.24, 2.45) is 0 Å². The molecule has 0 radical (unpaired) electrons. The number of aromatic nitrogens is 1. The van der Waals surface area contributed by atoms with E-state index in [2.05, 4.69) is 16.4 Å². The number of ether oxygens (including phenoxy) is 1. The average Bonchev–Trinajstić information content (AvgIpc) is 3.18. The van der Waals surface area contributed by atoms with Gasteiger partial charge in [0.1, 0.15) is 11.3 Å². The maximum atomic E-state index is 12.6. The Hall–Kier alpha value is -3.54. The van der Waals surface area contributed by atoms with Gasteiger partial charge in [0, 0.05) is 40.7 Å². The van der Waals surface area contributed by atoms with Gasteiger partial charge in [-0.3, -0.25) is 4.79 Å². The predicted molar refractivity (Wildman–Crippen MR) is 122 cm³/mol. The summed E-state index contributed by atoms with van der Waals surface area (Å²) in [7, 11) is 0. The summed E-state index contributed by atoms with van der Waals surface area (Å²) in [5.74, 6) is 0.339. The number of carbonyl (C=O) groups is 1. The monoisotopic (exact) mass is 418 g/mol. The number of aromatic amines is 1. The summed E-state index contributed by atoms with van der Waals surface area (Å²) in [6.07, 6.45) is 2.76. The third-order valence-electron chi connectivity index (χ3n) is 5.62. The number of para-hydroxylation sites is 1. The van der Waals surface area contributed by atoms with Crippen molar-refractivity contribution in [1.82, 2.24) is 10.3 Å². The fraction of sp³-hybridized carbons (Fsp3) is 0.280. The van der Waals surface area contributed by atoms with Crippen LogP contribution in [0.1, 0.15) is 30.5 Å². The summed E-state index contributed by atoms with van der Waals surface area (Å²) >= 11 is 0. The van der Waals surface area contributed by atoms with Crippen molar-refractivity contribution in [3.8, 4) is 5.75 Å². The average molecular weight is 418 g/mol. The van der Waals surface area contributed by atoms with Crippen molar-refractivity contribution in [2.45, 2.75) is 39.7 Å². The highest BCUT2D eigenvalue weighted by Gasteiger charge is 2.18. The van der Waals surface area contributed by atoms with Crippen molar-refractivity contribution in [3.05, 3.63) is 75.8 Å². The van der Waals surface area contributed by atoms with Crippen molar-refractivity contribution in [1.29, 1.82) is 0 Å². The molecule has 1 unspecified atom stereocenters. The number of hydrogen-bond donors (Lipinski definition) is 2. The maximum absolute atomic E-state index is 12.6.